The molecule has 76 valence electrons. The average Bonchev–Trinajstić information content (AvgIpc) is 2.02. The van der Waals surface area contributed by atoms with E-state index in [4.69, 9.17) is 5.41 Å². The Morgan fingerprint density at radius 1 is 1.54 bits per heavy atom. The summed E-state index contributed by atoms with van der Waals surface area (Å²) in [5.74, 6) is -0.436. The summed E-state index contributed by atoms with van der Waals surface area (Å²) in [6.07, 6.45) is 1.27. The fraction of sp³-hybridized carbons (Fsp3) is 0.778. The quantitative estimate of drug-likeness (QED) is 0.390. The molecule has 0 aliphatic carbocycles. The number of nitrogens with one attached hydrogen (secondary N) is 1. The van der Waals surface area contributed by atoms with Gasteiger partial charge >= 0.3 is 0 Å². The molecule has 0 rings (SSSR count). The molecule has 4 nitrogen and oxygen atoms in total. The third-order valence-corrected chi connectivity index (χ3v) is 1.67. The largest absolute Gasteiger partial charge is 0.310 e. The first-order valence-electron chi connectivity index (χ1n) is 4.49. The summed E-state index contributed by atoms with van der Waals surface area (Å²) in [5, 5.41) is 17.1. The summed E-state index contributed by atoms with van der Waals surface area (Å²) in [6, 6.07) is 0. The summed E-state index contributed by atoms with van der Waals surface area (Å²) in [5.41, 5.74) is 0.574. The summed E-state index contributed by atoms with van der Waals surface area (Å²) < 4.78 is 0. The molecule has 0 unspecified atom stereocenters. The van der Waals surface area contributed by atoms with Crippen LogP contribution in [0.25, 0.3) is 0 Å². The second kappa shape index (κ2) is 5.70. The van der Waals surface area contributed by atoms with Crippen molar-refractivity contribution in [1.82, 2.24) is 5.06 Å². The highest BCUT2D eigenvalue weighted by molar-refractivity contribution is 5.79. The van der Waals surface area contributed by atoms with Gasteiger partial charge in [0, 0.05) is 18.2 Å². The zero-order valence-electron chi connectivity index (χ0n) is 8.50. The highest BCUT2D eigenvalue weighted by Crippen LogP contribution is 2.01. The molecule has 0 aromatic rings. The monoisotopic (exact) mass is 186 g/mol. The van der Waals surface area contributed by atoms with E-state index in [1.165, 1.54) is 0 Å². The van der Waals surface area contributed by atoms with Crippen LogP contribution in [0.3, 0.4) is 0 Å². The van der Waals surface area contributed by atoms with Crippen LogP contribution in [-0.4, -0.2) is 28.4 Å². The van der Waals surface area contributed by atoms with Crippen molar-refractivity contribution in [2.75, 3.05) is 6.54 Å². The third kappa shape index (κ3) is 5.36. The van der Waals surface area contributed by atoms with Crippen LogP contribution in [-0.2, 0) is 4.79 Å². The van der Waals surface area contributed by atoms with Gasteiger partial charge in [-0.05, 0) is 19.8 Å². The topological polar surface area (TPSA) is 64.4 Å². The van der Waals surface area contributed by atoms with Crippen molar-refractivity contribution in [3.8, 4) is 0 Å². The molecule has 1 amide bonds. The number of hydroxylamine groups is 2. The fourth-order valence-electron chi connectivity index (χ4n) is 0.902. The molecule has 0 fully saturated rings. The van der Waals surface area contributed by atoms with E-state index < -0.39 is 0 Å². The lowest BCUT2D eigenvalue weighted by Gasteiger charge is -2.16. The molecule has 0 heterocycles. The van der Waals surface area contributed by atoms with Gasteiger partial charge in [0.05, 0.1) is 0 Å². The molecule has 0 radical (unpaired) electrons. The second-order valence-electron chi connectivity index (χ2n) is 3.50. The molecule has 0 saturated heterocycles. The lowest BCUT2D eigenvalue weighted by atomic mass is 10.2. The number of hydrogen-bond donors (Lipinski definition) is 2. The van der Waals surface area contributed by atoms with Crippen molar-refractivity contribution in [2.24, 2.45) is 5.92 Å². The van der Waals surface area contributed by atoms with E-state index in [0.717, 1.165) is 5.06 Å². The van der Waals surface area contributed by atoms with E-state index >= 15 is 0 Å². The zero-order valence-corrected chi connectivity index (χ0v) is 8.50. The van der Waals surface area contributed by atoms with Crippen LogP contribution in [0.2, 0.25) is 0 Å². The maximum Gasteiger partial charge on any atom is 0.248 e. The molecule has 0 saturated carbocycles. The van der Waals surface area contributed by atoms with E-state index in [0.29, 0.717) is 25.1 Å². The first-order valence-corrected chi connectivity index (χ1v) is 4.49. The Labute approximate surface area is 79.0 Å². The Morgan fingerprint density at radius 2 is 2.08 bits per heavy atom. The average molecular weight is 186 g/mol. The number of carbonyl (C=O) groups excluding carboxylic acids is 1. The Bertz CT molecular complexity index is 190. The minimum absolute atomic E-state index is 0.175. The number of hydrogen-bond acceptors (Lipinski definition) is 3. The van der Waals surface area contributed by atoms with Gasteiger partial charge in [-0.1, -0.05) is 13.8 Å². The van der Waals surface area contributed by atoms with Gasteiger partial charge in [-0.3, -0.25) is 10.0 Å². The highest BCUT2D eigenvalue weighted by Gasteiger charge is 2.13. The number of carbonyl (C=O) groups is 1. The summed E-state index contributed by atoms with van der Waals surface area (Å²) in [7, 11) is 0. The summed E-state index contributed by atoms with van der Waals surface area (Å²) in [6.45, 7) is 5.51. The molecular formula is C9H18N2O2. The van der Waals surface area contributed by atoms with Crippen LogP contribution >= 0.6 is 0 Å². The van der Waals surface area contributed by atoms with Gasteiger partial charge in [-0.25, -0.2) is 5.06 Å². The first-order chi connectivity index (χ1) is 5.95. The van der Waals surface area contributed by atoms with Gasteiger partial charge in [0.25, 0.3) is 0 Å². The normalized spacial score (nSPS) is 10.2. The van der Waals surface area contributed by atoms with Gasteiger partial charge in [0.1, 0.15) is 0 Å². The van der Waals surface area contributed by atoms with Crippen LogP contribution in [0.5, 0.6) is 0 Å². The van der Waals surface area contributed by atoms with E-state index in [-0.39, 0.29) is 11.8 Å². The highest BCUT2D eigenvalue weighted by atomic mass is 16.5. The van der Waals surface area contributed by atoms with Crippen molar-refractivity contribution in [3.63, 3.8) is 0 Å². The Morgan fingerprint density at radius 3 is 2.46 bits per heavy atom. The Balaban J connectivity index is 3.68. The smallest absolute Gasteiger partial charge is 0.248 e. The number of amides is 1. The first kappa shape index (κ1) is 12.1. The van der Waals surface area contributed by atoms with Crippen LogP contribution in [0.4, 0.5) is 0 Å². The molecule has 0 aromatic carbocycles. The molecule has 0 atom stereocenters. The standard InChI is InChI=1S/C9H18N2O2/c1-7(2)9(12)11(13)6-4-5-8(3)10/h7,10,13H,4-6H2,1-3H3. The Hall–Kier alpha value is -0.900. The lowest BCUT2D eigenvalue weighted by Crippen LogP contribution is -2.32. The molecule has 0 aliphatic rings. The summed E-state index contributed by atoms with van der Waals surface area (Å²) >= 11 is 0. The van der Waals surface area contributed by atoms with Crippen molar-refractivity contribution < 1.29 is 10.0 Å². The predicted octanol–water partition coefficient (Wildman–Crippen LogP) is 1.68. The zero-order chi connectivity index (χ0) is 10.4. The van der Waals surface area contributed by atoms with Crippen molar-refractivity contribution >= 4 is 11.6 Å². The van der Waals surface area contributed by atoms with Crippen LogP contribution in [0.1, 0.15) is 33.6 Å². The summed E-state index contributed by atoms with van der Waals surface area (Å²) in [4.78, 5) is 11.1. The molecule has 13 heavy (non-hydrogen) atoms. The van der Waals surface area contributed by atoms with Gasteiger partial charge in [0.2, 0.25) is 5.91 Å². The molecule has 2 N–H and O–H groups in total. The third-order valence-electron chi connectivity index (χ3n) is 1.67. The van der Waals surface area contributed by atoms with E-state index in [1.54, 1.807) is 20.8 Å². The van der Waals surface area contributed by atoms with E-state index in [1.807, 2.05) is 0 Å². The maximum atomic E-state index is 11.1. The van der Waals surface area contributed by atoms with Crippen molar-refractivity contribution in [1.29, 1.82) is 5.41 Å². The molecule has 0 spiro atoms. The molecule has 0 aromatic heterocycles. The van der Waals surface area contributed by atoms with Gasteiger partial charge in [0.15, 0.2) is 0 Å². The maximum absolute atomic E-state index is 11.1. The van der Waals surface area contributed by atoms with Gasteiger partial charge in [-0.15, -0.1) is 0 Å². The van der Waals surface area contributed by atoms with E-state index in [2.05, 4.69) is 0 Å². The number of rotatable bonds is 5. The number of nitrogens with zero attached hydrogens (tertiary/aromatic N) is 1. The van der Waals surface area contributed by atoms with Gasteiger partial charge < -0.3 is 5.41 Å². The van der Waals surface area contributed by atoms with E-state index in [9.17, 15) is 10.0 Å². The second-order valence-corrected chi connectivity index (χ2v) is 3.50. The van der Waals surface area contributed by atoms with Crippen LogP contribution < -0.4 is 0 Å². The van der Waals surface area contributed by atoms with Crippen molar-refractivity contribution in [2.45, 2.75) is 33.6 Å². The fourth-order valence-corrected chi connectivity index (χ4v) is 0.902. The predicted molar refractivity (Wildman–Crippen MR) is 51.0 cm³/mol. The molecule has 0 bridgehead atoms. The molecular weight excluding hydrogens is 168 g/mol. The minimum atomic E-state index is -0.261. The Kier molecular flexibility index (Phi) is 5.30. The lowest BCUT2D eigenvalue weighted by molar-refractivity contribution is -0.169. The van der Waals surface area contributed by atoms with Gasteiger partial charge in [-0.2, -0.15) is 0 Å². The molecule has 0 aliphatic heterocycles. The van der Waals surface area contributed by atoms with Crippen LogP contribution in [0.15, 0.2) is 0 Å². The SMILES string of the molecule is CC(=N)CCCN(O)C(=O)C(C)C. The van der Waals surface area contributed by atoms with Crippen molar-refractivity contribution in [3.05, 3.63) is 0 Å². The minimum Gasteiger partial charge on any atom is -0.310 e. The molecule has 4 heteroatoms. The van der Waals surface area contributed by atoms with Crippen LogP contribution in [0, 0.1) is 11.3 Å².